The average Bonchev–Trinajstić information content (AvgIpc) is 3.91. The molecule has 2 fully saturated rings. The molecule has 13 heteroatoms. The summed E-state index contributed by atoms with van der Waals surface area (Å²) >= 11 is 3.35. The van der Waals surface area contributed by atoms with Crippen LogP contribution in [0.4, 0.5) is 22.8 Å². The van der Waals surface area contributed by atoms with Crippen molar-refractivity contribution in [3.05, 3.63) is 105 Å². The van der Waals surface area contributed by atoms with Gasteiger partial charge in [0.1, 0.15) is 11.6 Å². The predicted octanol–water partition coefficient (Wildman–Crippen LogP) is 6.98. The van der Waals surface area contributed by atoms with Crippen LogP contribution in [-0.2, 0) is 17.6 Å². The normalized spacial score (nSPS) is 18.8. The molecule has 3 aromatic rings. The highest BCUT2D eigenvalue weighted by atomic mass is 79.9. The smallest absolute Gasteiger partial charge is 0.408 e. The quantitative estimate of drug-likeness (QED) is 0.205. The van der Waals surface area contributed by atoms with Crippen molar-refractivity contribution in [3.63, 3.8) is 0 Å². The van der Waals surface area contributed by atoms with Crippen molar-refractivity contribution in [3.8, 4) is 5.75 Å². The Labute approximate surface area is 289 Å². The first-order chi connectivity index (χ1) is 23.5. The van der Waals surface area contributed by atoms with Crippen LogP contribution in [0.25, 0.3) is 5.57 Å². The summed E-state index contributed by atoms with van der Waals surface area (Å²) in [5, 5.41) is 20.1. The van der Waals surface area contributed by atoms with Crippen molar-refractivity contribution < 1.29 is 42.5 Å². The molecule has 6 rings (SSSR count). The Balaban J connectivity index is 1.28. The first-order valence-corrected chi connectivity index (χ1v) is 16.9. The maximum absolute atomic E-state index is 14.6. The number of rotatable bonds is 11. The zero-order valence-electron chi connectivity index (χ0n) is 26.5. The largest absolute Gasteiger partial charge is 0.492 e. The lowest BCUT2D eigenvalue weighted by Crippen LogP contribution is -2.65. The Morgan fingerprint density at radius 3 is 2.39 bits per heavy atom. The number of benzene rings is 3. The Hall–Kier alpha value is -4.52. The predicted molar refractivity (Wildman–Crippen MR) is 178 cm³/mol. The molecular formula is C36H35BrF3N3O6. The van der Waals surface area contributed by atoms with E-state index >= 15 is 0 Å². The third-order valence-electron chi connectivity index (χ3n) is 9.34. The third-order valence-corrected chi connectivity index (χ3v) is 9.99. The second-order valence-electron chi connectivity index (χ2n) is 12.6. The van der Waals surface area contributed by atoms with Crippen LogP contribution in [0.3, 0.4) is 0 Å². The molecule has 49 heavy (non-hydrogen) atoms. The van der Waals surface area contributed by atoms with E-state index in [1.807, 2.05) is 24.3 Å². The maximum Gasteiger partial charge on any atom is 0.408 e. The monoisotopic (exact) mass is 741 g/mol. The van der Waals surface area contributed by atoms with Crippen molar-refractivity contribution in [1.82, 2.24) is 14.7 Å². The standard InChI is InChI=1S/C36H35BrF3N3O6/c37-28-13-10-24(38)17-31(28)49-16-2-3-21-6-8-22(9-7-21)27-18-26-19-41(35(45)46)20-30(43(26)36(47)48)32(27)34(44)42(25-11-12-25)15-14-23-4-1-5-29(39)33(23)40/h1,4-10,13,17,25-26,30H,2-3,11-12,14-16,18-20H2,(H,45,46)(H,47,48). The van der Waals surface area contributed by atoms with E-state index in [-0.39, 0.29) is 49.7 Å². The zero-order valence-corrected chi connectivity index (χ0v) is 28.0. The zero-order chi connectivity index (χ0) is 34.8. The molecule has 2 atom stereocenters. The number of amides is 3. The SMILES string of the molecule is O=C(O)N1CC2CC(c3ccc(CCCOc4cc(F)ccc4Br)cc3)=C(C(=O)N(CCc3cccc(F)c3F)C3CC3)C(C1)N2C(=O)O. The number of carboxylic acid groups (broad SMARTS) is 2. The molecule has 0 aromatic heterocycles. The van der Waals surface area contributed by atoms with Crippen LogP contribution in [0.15, 0.2) is 70.7 Å². The molecule has 1 saturated carbocycles. The van der Waals surface area contributed by atoms with Gasteiger partial charge in [0.25, 0.3) is 5.91 Å². The number of hydrogen-bond acceptors (Lipinski definition) is 4. The minimum atomic E-state index is -1.24. The Morgan fingerprint density at radius 2 is 1.69 bits per heavy atom. The van der Waals surface area contributed by atoms with E-state index in [1.165, 1.54) is 29.2 Å². The fourth-order valence-electron chi connectivity index (χ4n) is 6.79. The van der Waals surface area contributed by atoms with Crippen LogP contribution in [-0.4, -0.2) is 87.4 Å². The summed E-state index contributed by atoms with van der Waals surface area (Å²) in [6, 6.07) is 13.9. The lowest BCUT2D eigenvalue weighted by atomic mass is 9.81. The molecule has 2 bridgehead atoms. The van der Waals surface area contributed by atoms with E-state index in [2.05, 4.69) is 15.9 Å². The number of piperazine rings is 1. The maximum atomic E-state index is 14.6. The highest BCUT2D eigenvalue weighted by Crippen LogP contribution is 2.41. The summed E-state index contributed by atoms with van der Waals surface area (Å²) < 4.78 is 48.4. The van der Waals surface area contributed by atoms with Crippen molar-refractivity contribution in [2.45, 2.75) is 56.7 Å². The molecule has 1 aliphatic carbocycles. The minimum Gasteiger partial charge on any atom is -0.492 e. The van der Waals surface area contributed by atoms with E-state index in [4.69, 9.17) is 4.74 Å². The van der Waals surface area contributed by atoms with Crippen LogP contribution in [0.1, 0.15) is 42.4 Å². The number of ether oxygens (including phenoxy) is 1. The van der Waals surface area contributed by atoms with Gasteiger partial charge >= 0.3 is 12.2 Å². The van der Waals surface area contributed by atoms with Gasteiger partial charge in [-0.3, -0.25) is 9.69 Å². The topological polar surface area (TPSA) is 111 Å². The van der Waals surface area contributed by atoms with E-state index in [0.717, 1.165) is 22.1 Å². The number of halogens is 4. The molecule has 0 spiro atoms. The number of nitrogens with zero attached hydrogens (tertiary/aromatic N) is 3. The van der Waals surface area contributed by atoms with Gasteiger partial charge in [-0.15, -0.1) is 0 Å². The van der Waals surface area contributed by atoms with Gasteiger partial charge in [-0.2, -0.15) is 0 Å². The highest BCUT2D eigenvalue weighted by Gasteiger charge is 2.49. The minimum absolute atomic E-state index is 0.0339. The molecule has 258 valence electrons. The molecule has 2 heterocycles. The van der Waals surface area contributed by atoms with E-state index in [1.54, 1.807) is 11.0 Å². The first-order valence-electron chi connectivity index (χ1n) is 16.1. The van der Waals surface area contributed by atoms with Gasteiger partial charge in [-0.1, -0.05) is 36.4 Å². The van der Waals surface area contributed by atoms with Gasteiger partial charge in [0.05, 0.1) is 23.2 Å². The van der Waals surface area contributed by atoms with E-state index in [0.29, 0.717) is 48.1 Å². The fourth-order valence-corrected chi connectivity index (χ4v) is 7.15. The molecule has 2 aliphatic heterocycles. The molecular weight excluding hydrogens is 707 g/mol. The van der Waals surface area contributed by atoms with Gasteiger partial charge in [-0.25, -0.2) is 22.8 Å². The third kappa shape index (κ3) is 7.56. The summed E-state index contributed by atoms with van der Waals surface area (Å²) in [6.45, 7) is 0.200. The number of fused-ring (bicyclic) bond motifs is 2. The molecule has 9 nitrogen and oxygen atoms in total. The summed E-state index contributed by atoms with van der Waals surface area (Å²) in [4.78, 5) is 43.1. The van der Waals surface area contributed by atoms with Gasteiger partial charge < -0.3 is 24.7 Å². The number of hydrogen-bond donors (Lipinski definition) is 2. The molecule has 2 N–H and O–H groups in total. The molecule has 3 aliphatic rings. The van der Waals surface area contributed by atoms with E-state index in [9.17, 15) is 37.8 Å². The second-order valence-corrected chi connectivity index (χ2v) is 13.4. The van der Waals surface area contributed by atoms with Gasteiger partial charge in [0, 0.05) is 37.3 Å². The van der Waals surface area contributed by atoms with Crippen molar-refractivity contribution in [1.29, 1.82) is 0 Å². The fraction of sp³-hybridized carbons (Fsp3) is 0.361. The molecule has 1 saturated heterocycles. The number of carbonyl (C=O) groups excluding carboxylic acids is 1. The van der Waals surface area contributed by atoms with Crippen LogP contribution < -0.4 is 4.74 Å². The molecule has 3 amide bonds. The van der Waals surface area contributed by atoms with Crippen molar-refractivity contribution in [2.75, 3.05) is 26.2 Å². The first kappa shape index (κ1) is 34.3. The number of aryl methyl sites for hydroxylation is 1. The lowest BCUT2D eigenvalue weighted by molar-refractivity contribution is -0.128. The molecule has 2 unspecified atom stereocenters. The van der Waals surface area contributed by atoms with E-state index < -0.39 is 47.6 Å². The molecule has 0 radical (unpaired) electrons. The second kappa shape index (κ2) is 14.5. The summed E-state index contributed by atoms with van der Waals surface area (Å²) in [7, 11) is 0. The number of carbonyl (C=O) groups is 3. The Bertz CT molecular complexity index is 1780. The van der Waals surface area contributed by atoms with Crippen LogP contribution >= 0.6 is 15.9 Å². The lowest BCUT2D eigenvalue weighted by Gasteiger charge is -2.49. The Morgan fingerprint density at radius 1 is 0.939 bits per heavy atom. The Kier molecular flexibility index (Phi) is 10.2. The van der Waals surface area contributed by atoms with Gasteiger partial charge in [0.2, 0.25) is 0 Å². The molecule has 3 aromatic carbocycles. The van der Waals surface area contributed by atoms with Crippen LogP contribution in [0, 0.1) is 17.5 Å². The summed E-state index contributed by atoms with van der Waals surface area (Å²) in [6.07, 6.45) is 0.481. The van der Waals surface area contributed by atoms with Crippen LogP contribution in [0.2, 0.25) is 0 Å². The van der Waals surface area contributed by atoms with Crippen LogP contribution in [0.5, 0.6) is 5.75 Å². The summed E-state index contributed by atoms with van der Waals surface area (Å²) in [5.74, 6) is -2.35. The van der Waals surface area contributed by atoms with Crippen molar-refractivity contribution >= 4 is 39.6 Å². The van der Waals surface area contributed by atoms with Gasteiger partial charge in [-0.05, 0) is 94.9 Å². The average molecular weight is 743 g/mol. The summed E-state index contributed by atoms with van der Waals surface area (Å²) in [5.41, 5.74) is 2.70. The highest BCUT2D eigenvalue weighted by molar-refractivity contribution is 9.10. The van der Waals surface area contributed by atoms with Gasteiger partial charge in [0.15, 0.2) is 11.6 Å². The van der Waals surface area contributed by atoms with Crippen molar-refractivity contribution in [2.24, 2.45) is 0 Å².